The minimum Gasteiger partial charge on any atom is -0.478 e. The Morgan fingerprint density at radius 3 is 2.22 bits per heavy atom. The van der Waals surface area contributed by atoms with Crippen LogP contribution in [-0.4, -0.2) is 55.5 Å². The summed E-state index contributed by atoms with van der Waals surface area (Å²) in [5.41, 5.74) is 0.331. The van der Waals surface area contributed by atoms with Crippen LogP contribution in [0.15, 0.2) is 30.3 Å². The van der Waals surface area contributed by atoms with Gasteiger partial charge in [-0.25, -0.2) is 4.79 Å². The normalized spacial score (nSPS) is 11.4. The Morgan fingerprint density at radius 1 is 1.07 bits per heavy atom. The number of hydrogen-bond acceptors (Lipinski definition) is 5. The molecule has 0 saturated heterocycles. The van der Waals surface area contributed by atoms with Crippen molar-refractivity contribution in [2.45, 2.75) is 58.5 Å². The van der Waals surface area contributed by atoms with Crippen LogP contribution in [0, 0.1) is 0 Å². The lowest BCUT2D eigenvalue weighted by Crippen LogP contribution is -2.24. The van der Waals surface area contributed by atoms with E-state index in [1.807, 2.05) is 19.0 Å². The van der Waals surface area contributed by atoms with Gasteiger partial charge in [0.1, 0.15) is 0 Å². The van der Waals surface area contributed by atoms with E-state index in [0.717, 1.165) is 12.8 Å². The van der Waals surface area contributed by atoms with Crippen molar-refractivity contribution < 1.29 is 24.2 Å². The summed E-state index contributed by atoms with van der Waals surface area (Å²) in [4.78, 5) is 22.9. The van der Waals surface area contributed by atoms with Crippen molar-refractivity contribution in [1.29, 1.82) is 0 Å². The van der Waals surface area contributed by atoms with Crippen LogP contribution in [0.3, 0.4) is 0 Å². The predicted molar refractivity (Wildman–Crippen MR) is 107 cm³/mol. The Morgan fingerprint density at radius 2 is 1.74 bits per heavy atom. The Kier molecular flexibility index (Phi) is 15.1. The molecule has 0 aliphatic carbocycles. The van der Waals surface area contributed by atoms with E-state index in [-0.39, 0.29) is 12.1 Å². The van der Waals surface area contributed by atoms with Crippen LogP contribution >= 0.6 is 0 Å². The van der Waals surface area contributed by atoms with Gasteiger partial charge in [0.05, 0.1) is 25.0 Å². The summed E-state index contributed by atoms with van der Waals surface area (Å²) in [6.45, 7) is 4.73. The van der Waals surface area contributed by atoms with E-state index in [0.29, 0.717) is 18.9 Å². The average molecular weight is 382 g/mol. The molecule has 0 saturated carbocycles. The van der Waals surface area contributed by atoms with Gasteiger partial charge in [0.2, 0.25) is 0 Å². The Balaban J connectivity index is 0.000000621. The molecule has 27 heavy (non-hydrogen) atoms. The SMILES string of the molecule is CCCCCCC(CCOC(C)=O)OCN(C)C.O=C(O)c1ccccc1. The van der Waals surface area contributed by atoms with Gasteiger partial charge in [-0.15, -0.1) is 0 Å². The molecular formula is C21H35NO5. The number of carboxylic acid groups (broad SMARTS) is 1. The van der Waals surface area contributed by atoms with Crippen LogP contribution in [0.1, 0.15) is 62.7 Å². The first kappa shape index (κ1) is 25.1. The monoisotopic (exact) mass is 381 g/mol. The van der Waals surface area contributed by atoms with E-state index in [9.17, 15) is 9.59 Å². The maximum absolute atomic E-state index is 10.7. The zero-order valence-electron chi connectivity index (χ0n) is 17.1. The zero-order chi connectivity index (χ0) is 20.5. The van der Waals surface area contributed by atoms with E-state index < -0.39 is 5.97 Å². The third-order valence-corrected chi connectivity index (χ3v) is 3.71. The van der Waals surface area contributed by atoms with Crippen LogP contribution in [0.4, 0.5) is 0 Å². The minimum absolute atomic E-state index is 0.198. The first-order valence-corrected chi connectivity index (χ1v) is 9.54. The second kappa shape index (κ2) is 16.3. The number of rotatable bonds is 12. The molecule has 0 fully saturated rings. The highest BCUT2D eigenvalue weighted by atomic mass is 16.5. The molecule has 1 aromatic rings. The molecule has 0 aromatic heterocycles. The third-order valence-electron chi connectivity index (χ3n) is 3.71. The van der Waals surface area contributed by atoms with Crippen molar-refractivity contribution >= 4 is 11.9 Å². The number of unbranched alkanes of at least 4 members (excludes halogenated alkanes) is 3. The maximum Gasteiger partial charge on any atom is 0.335 e. The number of benzene rings is 1. The minimum atomic E-state index is -0.879. The summed E-state index contributed by atoms with van der Waals surface area (Å²) in [7, 11) is 3.97. The first-order chi connectivity index (χ1) is 12.9. The van der Waals surface area contributed by atoms with E-state index in [1.54, 1.807) is 30.3 Å². The van der Waals surface area contributed by atoms with Crippen LogP contribution in [0.2, 0.25) is 0 Å². The van der Waals surface area contributed by atoms with Crippen molar-refractivity contribution in [2.75, 3.05) is 27.4 Å². The van der Waals surface area contributed by atoms with Gasteiger partial charge >= 0.3 is 11.9 Å². The highest BCUT2D eigenvalue weighted by Gasteiger charge is 2.10. The van der Waals surface area contributed by atoms with Crippen LogP contribution < -0.4 is 0 Å². The number of hydrogen-bond donors (Lipinski definition) is 1. The van der Waals surface area contributed by atoms with Crippen molar-refractivity contribution in [3.8, 4) is 0 Å². The summed E-state index contributed by atoms with van der Waals surface area (Å²) in [6.07, 6.45) is 7.01. The van der Waals surface area contributed by atoms with Gasteiger partial charge in [0.15, 0.2) is 0 Å². The fourth-order valence-electron chi connectivity index (χ4n) is 2.28. The molecule has 154 valence electrons. The van der Waals surface area contributed by atoms with Crippen LogP contribution in [0.25, 0.3) is 0 Å². The summed E-state index contributed by atoms with van der Waals surface area (Å²) < 4.78 is 10.8. The molecule has 0 bridgehead atoms. The second-order valence-electron chi connectivity index (χ2n) is 6.65. The molecular weight excluding hydrogens is 346 g/mol. The number of carboxylic acids is 1. The van der Waals surface area contributed by atoms with E-state index in [1.165, 1.54) is 32.6 Å². The highest BCUT2D eigenvalue weighted by molar-refractivity contribution is 5.87. The molecule has 1 rings (SSSR count). The first-order valence-electron chi connectivity index (χ1n) is 9.54. The van der Waals surface area contributed by atoms with Gasteiger partial charge in [-0.3, -0.25) is 9.69 Å². The van der Waals surface area contributed by atoms with Gasteiger partial charge in [0, 0.05) is 13.3 Å². The number of nitrogens with zero attached hydrogens (tertiary/aromatic N) is 1. The predicted octanol–water partition coefficient (Wildman–Crippen LogP) is 4.20. The van der Waals surface area contributed by atoms with Crippen molar-refractivity contribution in [3.05, 3.63) is 35.9 Å². The number of aromatic carboxylic acids is 1. The lowest BCUT2D eigenvalue weighted by Gasteiger charge is -2.20. The Bertz CT molecular complexity index is 505. The number of carbonyl (C=O) groups is 2. The lowest BCUT2D eigenvalue weighted by molar-refractivity contribution is -0.142. The third kappa shape index (κ3) is 16.0. The van der Waals surface area contributed by atoms with Crippen molar-refractivity contribution in [1.82, 2.24) is 4.90 Å². The number of esters is 1. The second-order valence-corrected chi connectivity index (χ2v) is 6.65. The summed E-state index contributed by atoms with van der Waals surface area (Å²) >= 11 is 0. The van der Waals surface area contributed by atoms with Crippen molar-refractivity contribution in [2.24, 2.45) is 0 Å². The topological polar surface area (TPSA) is 76.1 Å². The van der Waals surface area contributed by atoms with E-state index in [2.05, 4.69) is 6.92 Å². The fourth-order valence-corrected chi connectivity index (χ4v) is 2.28. The summed E-state index contributed by atoms with van der Waals surface area (Å²) in [5.74, 6) is -1.09. The molecule has 0 radical (unpaired) electrons. The van der Waals surface area contributed by atoms with Crippen molar-refractivity contribution in [3.63, 3.8) is 0 Å². The molecule has 0 spiro atoms. The van der Waals surface area contributed by atoms with Crippen LogP contribution in [-0.2, 0) is 14.3 Å². The standard InChI is InChI=1S/C14H29NO3.C7H6O2/c1-5-6-7-8-9-14(18-12-15(3)4)10-11-17-13(2)16;8-7(9)6-4-2-1-3-5-6/h14H,5-12H2,1-4H3;1-5H,(H,8,9). The van der Waals surface area contributed by atoms with Gasteiger partial charge < -0.3 is 14.6 Å². The Labute approximate surface area is 163 Å². The molecule has 1 aromatic carbocycles. The molecule has 6 heteroatoms. The maximum atomic E-state index is 10.7. The fraction of sp³-hybridized carbons (Fsp3) is 0.619. The van der Waals surface area contributed by atoms with Gasteiger partial charge in [-0.05, 0) is 32.6 Å². The largest absolute Gasteiger partial charge is 0.478 e. The van der Waals surface area contributed by atoms with Gasteiger partial charge in [-0.2, -0.15) is 0 Å². The summed E-state index contributed by atoms with van der Waals surface area (Å²) in [5, 5.41) is 8.38. The highest BCUT2D eigenvalue weighted by Crippen LogP contribution is 2.12. The number of carbonyl (C=O) groups excluding carboxylic acids is 1. The Hall–Kier alpha value is -1.92. The van der Waals surface area contributed by atoms with Crippen LogP contribution in [0.5, 0.6) is 0 Å². The van der Waals surface area contributed by atoms with E-state index >= 15 is 0 Å². The quantitative estimate of drug-likeness (QED) is 0.332. The average Bonchev–Trinajstić information content (AvgIpc) is 2.63. The van der Waals surface area contributed by atoms with Gasteiger partial charge in [0.25, 0.3) is 0 Å². The molecule has 1 unspecified atom stereocenters. The molecule has 6 nitrogen and oxygen atoms in total. The van der Waals surface area contributed by atoms with Gasteiger partial charge in [-0.1, -0.05) is 50.8 Å². The molecule has 1 atom stereocenters. The molecule has 0 aliphatic rings. The summed E-state index contributed by atoms with van der Waals surface area (Å²) in [6, 6.07) is 8.30. The number of ether oxygens (including phenoxy) is 2. The van der Waals surface area contributed by atoms with E-state index in [4.69, 9.17) is 14.6 Å². The smallest absolute Gasteiger partial charge is 0.335 e. The zero-order valence-corrected chi connectivity index (χ0v) is 17.1. The lowest BCUT2D eigenvalue weighted by atomic mass is 10.1. The molecule has 0 aliphatic heterocycles. The molecule has 1 N–H and O–H groups in total. The molecule has 0 heterocycles. The molecule has 0 amide bonds.